The van der Waals surface area contributed by atoms with Crippen LogP contribution in [0, 0.1) is 0 Å². The average molecular weight is 220 g/mol. The zero-order valence-corrected chi connectivity index (χ0v) is 9.32. The first kappa shape index (κ1) is 10.8. The van der Waals surface area contributed by atoms with Gasteiger partial charge in [-0.15, -0.1) is 0 Å². The van der Waals surface area contributed by atoms with E-state index in [0.717, 1.165) is 18.5 Å². The number of aryl methyl sites for hydroxylation is 1. The summed E-state index contributed by atoms with van der Waals surface area (Å²) in [6.45, 7) is 2.22. The van der Waals surface area contributed by atoms with Crippen LogP contribution in [0.5, 0.6) is 0 Å². The van der Waals surface area contributed by atoms with Gasteiger partial charge in [0.2, 0.25) is 0 Å². The largest absolute Gasteiger partial charge is 0.464 e. The van der Waals surface area contributed by atoms with Crippen LogP contribution in [0.25, 0.3) is 0 Å². The second-order valence-corrected chi connectivity index (χ2v) is 3.87. The van der Waals surface area contributed by atoms with Crippen LogP contribution in [-0.4, -0.2) is 18.6 Å². The summed E-state index contributed by atoms with van der Waals surface area (Å²) < 4.78 is 4.99. The van der Waals surface area contributed by atoms with Gasteiger partial charge in [-0.3, -0.25) is 0 Å². The zero-order chi connectivity index (χ0) is 11.5. The molecule has 0 aliphatic carbocycles. The monoisotopic (exact) mass is 220 g/mol. The van der Waals surface area contributed by atoms with Crippen LogP contribution >= 0.6 is 0 Å². The van der Waals surface area contributed by atoms with Crippen LogP contribution in [0.3, 0.4) is 0 Å². The lowest BCUT2D eigenvalue weighted by Crippen LogP contribution is -2.35. The first-order chi connectivity index (χ1) is 7.72. The number of para-hydroxylation sites is 1. The third kappa shape index (κ3) is 1.96. The Bertz CT molecular complexity index is 404. The van der Waals surface area contributed by atoms with Gasteiger partial charge in [0.25, 0.3) is 0 Å². The number of carbonyl (C=O) groups is 1. The lowest BCUT2D eigenvalue weighted by atomic mass is 9.97. The van der Waals surface area contributed by atoms with Gasteiger partial charge in [0.1, 0.15) is 6.04 Å². The topological polar surface area (TPSA) is 64.3 Å². The van der Waals surface area contributed by atoms with E-state index in [1.807, 2.05) is 25.1 Å². The smallest absolute Gasteiger partial charge is 0.328 e. The molecule has 4 nitrogen and oxygen atoms in total. The molecule has 1 aromatic rings. The summed E-state index contributed by atoms with van der Waals surface area (Å²) in [5.74, 6) is -0.198. The van der Waals surface area contributed by atoms with Gasteiger partial charge in [-0.05, 0) is 31.4 Å². The summed E-state index contributed by atoms with van der Waals surface area (Å²) in [6, 6.07) is 5.53. The quantitative estimate of drug-likeness (QED) is 0.586. The number of benzene rings is 1. The number of nitrogens with two attached hydrogens (primary N) is 1. The number of hydrogen-bond acceptors (Lipinski definition) is 4. The van der Waals surface area contributed by atoms with Gasteiger partial charge in [0.15, 0.2) is 0 Å². The molecule has 0 bridgehead atoms. The molecule has 0 radical (unpaired) electrons. The number of rotatable bonds is 2. The summed E-state index contributed by atoms with van der Waals surface area (Å²) in [6.07, 6.45) is 1.62. The highest BCUT2D eigenvalue weighted by Gasteiger charge is 2.25. The highest BCUT2D eigenvalue weighted by atomic mass is 16.5. The molecule has 16 heavy (non-hydrogen) atoms. The fourth-order valence-electron chi connectivity index (χ4n) is 1.97. The van der Waals surface area contributed by atoms with Crippen LogP contribution in [0.1, 0.15) is 18.9 Å². The molecule has 0 saturated carbocycles. The SMILES string of the molecule is CCOC(=O)[C@@H]1CCc2cccc(N)c2N1. The minimum atomic E-state index is -0.267. The normalized spacial score (nSPS) is 18.4. The van der Waals surface area contributed by atoms with Crippen molar-refractivity contribution in [1.82, 2.24) is 0 Å². The Morgan fingerprint density at radius 3 is 3.19 bits per heavy atom. The fraction of sp³-hybridized carbons (Fsp3) is 0.417. The number of carbonyl (C=O) groups excluding carboxylic acids is 1. The number of fused-ring (bicyclic) bond motifs is 1. The van der Waals surface area contributed by atoms with Crippen molar-refractivity contribution in [3.63, 3.8) is 0 Å². The molecular formula is C12H16N2O2. The fourth-order valence-corrected chi connectivity index (χ4v) is 1.97. The molecule has 0 aromatic heterocycles. The highest BCUT2D eigenvalue weighted by molar-refractivity contribution is 5.83. The molecule has 1 aliphatic heterocycles. The van der Waals surface area contributed by atoms with Crippen molar-refractivity contribution in [2.24, 2.45) is 0 Å². The van der Waals surface area contributed by atoms with E-state index in [1.54, 1.807) is 0 Å². The van der Waals surface area contributed by atoms with Crippen LogP contribution in [0.2, 0.25) is 0 Å². The van der Waals surface area contributed by atoms with Gasteiger partial charge >= 0.3 is 5.97 Å². The Morgan fingerprint density at radius 2 is 2.44 bits per heavy atom. The van der Waals surface area contributed by atoms with E-state index in [2.05, 4.69) is 5.32 Å². The van der Waals surface area contributed by atoms with E-state index in [9.17, 15) is 4.79 Å². The first-order valence-corrected chi connectivity index (χ1v) is 5.53. The van der Waals surface area contributed by atoms with E-state index < -0.39 is 0 Å². The Kier molecular flexibility index (Phi) is 2.99. The van der Waals surface area contributed by atoms with Crippen molar-refractivity contribution in [1.29, 1.82) is 0 Å². The highest BCUT2D eigenvalue weighted by Crippen LogP contribution is 2.30. The number of hydrogen-bond donors (Lipinski definition) is 2. The third-order valence-electron chi connectivity index (χ3n) is 2.78. The predicted molar refractivity (Wildman–Crippen MR) is 63.2 cm³/mol. The standard InChI is InChI=1S/C12H16N2O2/c1-2-16-12(15)10-7-6-8-4-3-5-9(13)11(8)14-10/h3-5,10,14H,2,6-7,13H2,1H3/t10-/m0/s1. The summed E-state index contributed by atoms with van der Waals surface area (Å²) in [5, 5.41) is 3.15. The number of anilines is 2. The van der Waals surface area contributed by atoms with Gasteiger partial charge in [-0.1, -0.05) is 12.1 Å². The molecule has 0 saturated heterocycles. The second-order valence-electron chi connectivity index (χ2n) is 3.87. The van der Waals surface area contributed by atoms with E-state index in [0.29, 0.717) is 12.3 Å². The summed E-state index contributed by atoms with van der Waals surface area (Å²) in [7, 11) is 0. The average Bonchev–Trinajstić information content (AvgIpc) is 2.29. The maximum absolute atomic E-state index is 11.6. The molecule has 4 heteroatoms. The Hall–Kier alpha value is -1.71. The van der Waals surface area contributed by atoms with Crippen LogP contribution in [-0.2, 0) is 16.0 Å². The Morgan fingerprint density at radius 1 is 1.62 bits per heavy atom. The number of esters is 1. The molecular weight excluding hydrogens is 204 g/mol. The minimum Gasteiger partial charge on any atom is -0.464 e. The molecule has 1 atom stereocenters. The maximum atomic E-state index is 11.6. The summed E-state index contributed by atoms with van der Waals surface area (Å²) in [4.78, 5) is 11.6. The molecule has 2 rings (SSSR count). The van der Waals surface area contributed by atoms with Crippen LogP contribution in [0.15, 0.2) is 18.2 Å². The lowest BCUT2D eigenvalue weighted by Gasteiger charge is -2.26. The van der Waals surface area contributed by atoms with Gasteiger partial charge in [0, 0.05) is 0 Å². The molecule has 0 unspecified atom stereocenters. The van der Waals surface area contributed by atoms with Crippen molar-refractivity contribution in [3.05, 3.63) is 23.8 Å². The number of nitrogens with one attached hydrogen (secondary N) is 1. The lowest BCUT2D eigenvalue weighted by molar-refractivity contribution is -0.144. The Labute approximate surface area is 94.8 Å². The molecule has 0 fully saturated rings. The van der Waals surface area contributed by atoms with Crippen LogP contribution < -0.4 is 11.1 Å². The van der Waals surface area contributed by atoms with Crippen molar-refractivity contribution in [2.75, 3.05) is 17.7 Å². The van der Waals surface area contributed by atoms with Crippen molar-refractivity contribution in [2.45, 2.75) is 25.8 Å². The van der Waals surface area contributed by atoms with E-state index in [-0.39, 0.29) is 12.0 Å². The molecule has 0 amide bonds. The molecule has 0 spiro atoms. The van der Waals surface area contributed by atoms with Gasteiger partial charge in [-0.2, -0.15) is 0 Å². The van der Waals surface area contributed by atoms with Crippen LogP contribution in [0.4, 0.5) is 11.4 Å². The third-order valence-corrected chi connectivity index (χ3v) is 2.78. The summed E-state index contributed by atoms with van der Waals surface area (Å²) in [5.41, 5.74) is 8.60. The molecule has 1 aromatic carbocycles. The molecule has 86 valence electrons. The Balaban J connectivity index is 2.17. The number of ether oxygens (including phenoxy) is 1. The minimum absolute atomic E-state index is 0.198. The first-order valence-electron chi connectivity index (χ1n) is 5.53. The number of nitrogen functional groups attached to an aromatic ring is 1. The van der Waals surface area contributed by atoms with E-state index in [1.165, 1.54) is 5.56 Å². The molecule has 1 heterocycles. The zero-order valence-electron chi connectivity index (χ0n) is 9.32. The predicted octanol–water partition coefficient (Wildman–Crippen LogP) is 1.56. The van der Waals surface area contributed by atoms with Gasteiger partial charge in [-0.25, -0.2) is 4.79 Å². The van der Waals surface area contributed by atoms with E-state index >= 15 is 0 Å². The van der Waals surface area contributed by atoms with Crippen molar-refractivity contribution in [3.8, 4) is 0 Å². The van der Waals surface area contributed by atoms with E-state index in [4.69, 9.17) is 10.5 Å². The maximum Gasteiger partial charge on any atom is 0.328 e. The van der Waals surface area contributed by atoms with Crippen molar-refractivity contribution < 1.29 is 9.53 Å². The molecule has 1 aliphatic rings. The summed E-state index contributed by atoms with van der Waals surface area (Å²) >= 11 is 0. The van der Waals surface area contributed by atoms with Gasteiger partial charge < -0.3 is 15.8 Å². The van der Waals surface area contributed by atoms with Gasteiger partial charge in [0.05, 0.1) is 18.0 Å². The second kappa shape index (κ2) is 4.43. The molecule has 3 N–H and O–H groups in total. The van der Waals surface area contributed by atoms with Crippen molar-refractivity contribution >= 4 is 17.3 Å².